The van der Waals surface area contributed by atoms with Crippen LogP contribution in [0, 0.1) is 22.7 Å². The van der Waals surface area contributed by atoms with Crippen molar-refractivity contribution in [3.05, 3.63) is 71.8 Å². The third-order valence-corrected chi connectivity index (χ3v) is 12.1. The molecule has 250 valence electrons. The Labute approximate surface area is 274 Å². The predicted octanol–water partition coefficient (Wildman–Crippen LogP) is 7.24. The average molecular weight is 633 g/mol. The number of esters is 2. The fraction of sp³-hybridized carbons (Fsp3) is 0.641. The minimum absolute atomic E-state index is 0.107. The van der Waals surface area contributed by atoms with Crippen LogP contribution in [0.2, 0.25) is 0 Å². The Morgan fingerprint density at radius 1 is 0.804 bits per heavy atom. The normalized spacial score (nSPS) is 36.4. The van der Waals surface area contributed by atoms with Gasteiger partial charge in [0.15, 0.2) is 5.79 Å². The van der Waals surface area contributed by atoms with Crippen molar-refractivity contribution in [3.8, 4) is 0 Å². The number of carbonyl (C=O) groups is 2. The molecule has 0 bridgehead atoms. The van der Waals surface area contributed by atoms with E-state index in [1.165, 1.54) is 0 Å². The molecule has 4 fully saturated rings. The molecule has 7 heteroatoms. The molecule has 7 atom stereocenters. The van der Waals surface area contributed by atoms with Gasteiger partial charge in [-0.05, 0) is 75.3 Å². The zero-order valence-corrected chi connectivity index (χ0v) is 28.3. The number of ether oxygens (including phenoxy) is 5. The topological polar surface area (TPSA) is 80.3 Å². The van der Waals surface area contributed by atoms with E-state index in [9.17, 15) is 9.59 Å². The first-order chi connectivity index (χ1) is 21.9. The smallest absolute Gasteiger partial charge is 0.310 e. The van der Waals surface area contributed by atoms with Gasteiger partial charge in [0.05, 0.1) is 37.8 Å². The Hall–Kier alpha value is -2.74. The molecule has 2 saturated heterocycles. The van der Waals surface area contributed by atoms with E-state index in [2.05, 4.69) is 20.8 Å². The van der Waals surface area contributed by atoms with Gasteiger partial charge >= 0.3 is 11.9 Å². The van der Waals surface area contributed by atoms with Crippen molar-refractivity contribution >= 4 is 11.9 Å². The molecule has 0 N–H and O–H groups in total. The van der Waals surface area contributed by atoms with E-state index in [4.69, 9.17) is 23.7 Å². The van der Waals surface area contributed by atoms with Gasteiger partial charge in [0, 0.05) is 17.3 Å². The summed E-state index contributed by atoms with van der Waals surface area (Å²) < 4.78 is 32.1. The molecule has 2 aromatic rings. The Morgan fingerprint density at radius 2 is 1.43 bits per heavy atom. The molecule has 1 spiro atoms. The molecule has 2 aromatic carbocycles. The first-order valence-corrected chi connectivity index (χ1v) is 17.3. The standard InChI is InChI=1S/C39H52O7/c1-28-16-17-31-36(4)26-44-35(2,3)45-32(36)18-19-37(31,5)39(28)21-20-38(46-39,27-43-34(41)25-30-14-10-7-11-15-30)22-23-42-33(40)24-29-12-8-6-9-13-29/h6-15,28,31-32H,16-27H2,1-5H3/t28-,31-,32-,36+,37+,38+,39-/m1/s1. The molecule has 0 unspecified atom stereocenters. The second kappa shape index (κ2) is 12.7. The van der Waals surface area contributed by atoms with Crippen LogP contribution in [0.15, 0.2) is 60.7 Å². The maximum Gasteiger partial charge on any atom is 0.310 e. The Balaban J connectivity index is 1.22. The molecule has 2 aliphatic heterocycles. The number of carbonyl (C=O) groups excluding carboxylic acids is 2. The lowest BCUT2D eigenvalue weighted by Gasteiger charge is -2.67. The van der Waals surface area contributed by atoms with E-state index >= 15 is 0 Å². The lowest BCUT2D eigenvalue weighted by molar-refractivity contribution is -0.359. The summed E-state index contributed by atoms with van der Waals surface area (Å²) in [6, 6.07) is 19.3. The van der Waals surface area contributed by atoms with Gasteiger partial charge in [0.1, 0.15) is 12.2 Å². The number of benzene rings is 2. The second-order valence-corrected chi connectivity index (χ2v) is 15.4. The van der Waals surface area contributed by atoms with Crippen molar-refractivity contribution in [2.75, 3.05) is 19.8 Å². The lowest BCUT2D eigenvalue weighted by atomic mass is 9.43. The van der Waals surface area contributed by atoms with Crippen LogP contribution in [0.5, 0.6) is 0 Å². The van der Waals surface area contributed by atoms with Crippen molar-refractivity contribution in [1.82, 2.24) is 0 Å². The SMILES string of the molecule is C[C@@H]1CC[C@@H]2[C@]3(C)COC(C)(C)O[C@@H]3CC[C@]2(C)[C@@]12CC[C@](CCOC(=O)Cc1ccccc1)(COC(=O)Cc1ccccc1)O2. The molecular formula is C39H52O7. The Bertz CT molecular complexity index is 1380. The van der Waals surface area contributed by atoms with Crippen molar-refractivity contribution < 1.29 is 33.3 Å². The van der Waals surface area contributed by atoms with Gasteiger partial charge in [0.2, 0.25) is 0 Å². The highest BCUT2D eigenvalue weighted by atomic mass is 16.7. The third kappa shape index (κ3) is 6.27. The molecule has 0 amide bonds. The van der Waals surface area contributed by atoms with E-state index in [0.717, 1.165) is 49.7 Å². The highest BCUT2D eigenvalue weighted by Crippen LogP contribution is 2.69. The van der Waals surface area contributed by atoms with Gasteiger partial charge in [-0.15, -0.1) is 0 Å². The molecule has 46 heavy (non-hydrogen) atoms. The molecule has 2 saturated carbocycles. The summed E-state index contributed by atoms with van der Waals surface area (Å²) in [5, 5.41) is 0. The van der Waals surface area contributed by atoms with Crippen LogP contribution in [-0.2, 0) is 46.1 Å². The summed E-state index contributed by atoms with van der Waals surface area (Å²) in [5.74, 6) is -0.411. The van der Waals surface area contributed by atoms with Gasteiger partial charge in [-0.2, -0.15) is 0 Å². The summed E-state index contributed by atoms with van der Waals surface area (Å²) in [5.41, 5.74) is 0.491. The average Bonchev–Trinajstić information content (AvgIpc) is 3.42. The zero-order chi connectivity index (χ0) is 32.6. The van der Waals surface area contributed by atoms with Gasteiger partial charge in [-0.1, -0.05) is 81.4 Å². The fourth-order valence-electron chi connectivity index (χ4n) is 9.54. The van der Waals surface area contributed by atoms with Gasteiger partial charge in [-0.3, -0.25) is 9.59 Å². The monoisotopic (exact) mass is 632 g/mol. The van der Waals surface area contributed by atoms with Crippen LogP contribution in [0.1, 0.15) is 90.7 Å². The number of rotatable bonds is 9. The largest absolute Gasteiger partial charge is 0.465 e. The molecular weight excluding hydrogens is 580 g/mol. The maximum absolute atomic E-state index is 13.1. The number of hydrogen-bond donors (Lipinski definition) is 0. The summed E-state index contributed by atoms with van der Waals surface area (Å²) in [4.78, 5) is 25.9. The van der Waals surface area contributed by atoms with Crippen molar-refractivity contribution in [1.29, 1.82) is 0 Å². The van der Waals surface area contributed by atoms with Crippen molar-refractivity contribution in [3.63, 3.8) is 0 Å². The maximum atomic E-state index is 13.1. The van der Waals surface area contributed by atoms with Gasteiger partial charge < -0.3 is 23.7 Å². The van der Waals surface area contributed by atoms with Crippen LogP contribution in [0.25, 0.3) is 0 Å². The minimum Gasteiger partial charge on any atom is -0.465 e. The van der Waals surface area contributed by atoms with Gasteiger partial charge in [0.25, 0.3) is 0 Å². The molecule has 6 rings (SSSR count). The quantitative estimate of drug-likeness (QED) is 0.270. The van der Waals surface area contributed by atoms with Gasteiger partial charge in [-0.25, -0.2) is 0 Å². The molecule has 4 aliphatic rings. The summed E-state index contributed by atoms with van der Waals surface area (Å²) >= 11 is 0. The molecule has 2 heterocycles. The summed E-state index contributed by atoms with van der Waals surface area (Å²) in [6.07, 6.45) is 6.82. The minimum atomic E-state index is -0.738. The second-order valence-electron chi connectivity index (χ2n) is 15.4. The number of fused-ring (bicyclic) bond motifs is 4. The molecule has 2 aliphatic carbocycles. The van der Waals surface area contributed by atoms with E-state index < -0.39 is 17.0 Å². The van der Waals surface area contributed by atoms with E-state index in [-0.39, 0.29) is 54.9 Å². The Morgan fingerprint density at radius 3 is 2.09 bits per heavy atom. The van der Waals surface area contributed by atoms with Crippen LogP contribution in [-0.4, -0.2) is 54.9 Å². The summed E-state index contributed by atoms with van der Waals surface area (Å²) in [6.45, 7) is 12.2. The van der Waals surface area contributed by atoms with E-state index in [1.54, 1.807) is 0 Å². The first-order valence-electron chi connectivity index (χ1n) is 17.3. The lowest BCUT2D eigenvalue weighted by Crippen LogP contribution is -2.69. The van der Waals surface area contributed by atoms with Crippen LogP contribution in [0.4, 0.5) is 0 Å². The first kappa shape index (κ1) is 33.2. The van der Waals surface area contributed by atoms with E-state index in [0.29, 0.717) is 24.9 Å². The van der Waals surface area contributed by atoms with Crippen molar-refractivity contribution in [2.24, 2.45) is 22.7 Å². The third-order valence-electron chi connectivity index (χ3n) is 12.1. The van der Waals surface area contributed by atoms with Crippen LogP contribution in [0.3, 0.4) is 0 Å². The highest BCUT2D eigenvalue weighted by molar-refractivity contribution is 5.73. The molecule has 0 radical (unpaired) electrons. The number of hydrogen-bond acceptors (Lipinski definition) is 7. The van der Waals surface area contributed by atoms with Crippen LogP contribution < -0.4 is 0 Å². The van der Waals surface area contributed by atoms with Crippen LogP contribution >= 0.6 is 0 Å². The van der Waals surface area contributed by atoms with E-state index in [1.807, 2.05) is 74.5 Å². The fourth-order valence-corrected chi connectivity index (χ4v) is 9.54. The molecule has 0 aromatic heterocycles. The summed E-state index contributed by atoms with van der Waals surface area (Å²) in [7, 11) is 0. The molecule has 7 nitrogen and oxygen atoms in total. The highest BCUT2D eigenvalue weighted by Gasteiger charge is 2.70. The Kier molecular flexibility index (Phi) is 9.16. The zero-order valence-electron chi connectivity index (χ0n) is 28.3. The predicted molar refractivity (Wildman–Crippen MR) is 175 cm³/mol. The van der Waals surface area contributed by atoms with Crippen molar-refractivity contribution in [2.45, 2.75) is 115 Å².